The third-order valence-corrected chi connectivity index (χ3v) is 4.90. The van der Waals surface area contributed by atoms with Gasteiger partial charge in [-0.1, -0.05) is 53.4 Å². The molecule has 0 N–H and O–H groups in total. The Kier molecular flexibility index (Phi) is 7.56. The van der Waals surface area contributed by atoms with Crippen molar-refractivity contribution in [2.75, 3.05) is 0 Å². The van der Waals surface area contributed by atoms with Crippen LogP contribution in [-0.2, 0) is 9.59 Å². The van der Waals surface area contributed by atoms with E-state index in [1.165, 1.54) is 0 Å². The van der Waals surface area contributed by atoms with E-state index in [1.54, 1.807) is 0 Å². The van der Waals surface area contributed by atoms with Crippen molar-refractivity contribution in [1.29, 1.82) is 0 Å². The Labute approximate surface area is 158 Å². The molecule has 2 heteroatoms. The van der Waals surface area contributed by atoms with Gasteiger partial charge in [0.1, 0.15) is 0 Å². The highest BCUT2D eigenvalue weighted by Crippen LogP contribution is 2.32. The van der Waals surface area contributed by atoms with Crippen molar-refractivity contribution in [1.82, 2.24) is 0 Å². The van der Waals surface area contributed by atoms with E-state index in [4.69, 9.17) is 0 Å². The average molecular weight is 353 g/mol. The number of Topliss-reactive ketones (excluding diaryl/α,β-unsaturated/α-hetero) is 2. The number of carbonyl (C=O) groups excluding carboxylic acids is 2. The molecule has 0 aliphatic heterocycles. The van der Waals surface area contributed by atoms with Gasteiger partial charge in [0.15, 0.2) is 11.6 Å². The van der Waals surface area contributed by atoms with E-state index in [1.807, 2.05) is 0 Å². The molecule has 2 aliphatic rings. The van der Waals surface area contributed by atoms with E-state index < -0.39 is 0 Å². The quantitative estimate of drug-likeness (QED) is 0.510. The smallest absolute Gasteiger partial charge is 0.185 e. The lowest BCUT2D eigenvalue weighted by Crippen LogP contribution is -2.14. The maximum Gasteiger partial charge on any atom is 0.185 e. The normalized spacial score (nSPS) is 17.8. The zero-order valence-corrected chi connectivity index (χ0v) is 16.8. The molecule has 0 bridgehead atoms. The van der Waals surface area contributed by atoms with Gasteiger partial charge in [0.25, 0.3) is 0 Å². The first-order valence-corrected chi connectivity index (χ1v) is 10.2. The first-order valence-electron chi connectivity index (χ1n) is 10.2. The maximum absolute atomic E-state index is 12.7. The summed E-state index contributed by atoms with van der Waals surface area (Å²) in [6, 6.07) is 0. The third kappa shape index (κ3) is 4.60. The fourth-order valence-corrected chi connectivity index (χ4v) is 3.66. The van der Waals surface area contributed by atoms with Crippen molar-refractivity contribution in [3.63, 3.8) is 0 Å². The number of ketones is 2. The van der Waals surface area contributed by atoms with Gasteiger partial charge >= 0.3 is 0 Å². The van der Waals surface area contributed by atoms with Crippen LogP contribution >= 0.6 is 0 Å². The Morgan fingerprint density at radius 3 is 0.923 bits per heavy atom. The highest BCUT2D eigenvalue weighted by atomic mass is 16.1. The largest absolute Gasteiger partial charge is 0.289 e. The molecule has 2 nitrogen and oxygen atoms in total. The molecule has 0 heterocycles. The van der Waals surface area contributed by atoms with E-state index in [0.717, 1.165) is 84.8 Å². The lowest BCUT2D eigenvalue weighted by molar-refractivity contribution is -0.113. The minimum absolute atomic E-state index is 0.209. The van der Waals surface area contributed by atoms with E-state index in [0.29, 0.717) is 0 Å². The summed E-state index contributed by atoms with van der Waals surface area (Å²) >= 11 is 0. The predicted octanol–water partition coefficient (Wildman–Crippen LogP) is 6.35. The topological polar surface area (TPSA) is 34.1 Å². The first-order chi connectivity index (χ1) is 12.5. The van der Waals surface area contributed by atoms with Gasteiger partial charge in [0.2, 0.25) is 0 Å². The highest BCUT2D eigenvalue weighted by molar-refractivity contribution is 6.12. The Hall–Kier alpha value is -1.96. The molecule has 2 rings (SSSR count). The summed E-state index contributed by atoms with van der Waals surface area (Å²) in [5.74, 6) is 0.418. The van der Waals surface area contributed by atoms with Gasteiger partial charge in [-0.2, -0.15) is 0 Å². The molecule has 0 aromatic carbocycles. The molecule has 0 saturated heterocycles. The van der Waals surface area contributed by atoms with Crippen molar-refractivity contribution in [3.05, 3.63) is 57.7 Å². The zero-order valence-electron chi connectivity index (χ0n) is 16.8. The molecule has 0 amide bonds. The second kappa shape index (κ2) is 9.66. The molecule has 140 valence electrons. The van der Waals surface area contributed by atoms with Crippen LogP contribution in [0.25, 0.3) is 0 Å². The number of hydrogen-bond acceptors (Lipinski definition) is 2. The van der Waals surface area contributed by atoms with Crippen LogP contribution in [-0.4, -0.2) is 11.6 Å². The predicted molar refractivity (Wildman–Crippen MR) is 109 cm³/mol. The second-order valence-electron chi connectivity index (χ2n) is 7.25. The molecule has 0 unspecified atom stereocenters. The van der Waals surface area contributed by atoms with E-state index in [9.17, 15) is 9.59 Å². The van der Waals surface area contributed by atoms with Crippen molar-refractivity contribution < 1.29 is 9.59 Å². The second-order valence-corrected chi connectivity index (χ2v) is 7.25. The van der Waals surface area contributed by atoms with Crippen molar-refractivity contribution >= 4 is 11.6 Å². The van der Waals surface area contributed by atoms with Gasteiger partial charge in [0, 0.05) is 22.3 Å². The standard InChI is InChI=1S/C24H32O2/c1-5-9-17-13-21(14-18(10-6-2)23(17)25)22-15-19(11-7-3)24(26)20(16-22)12-8-4/h13-16H,5-12H2,1-4H3. The Balaban J connectivity index is 2.57. The minimum atomic E-state index is 0.209. The van der Waals surface area contributed by atoms with Gasteiger partial charge in [-0.05, 0) is 61.1 Å². The number of hydrogen-bond donors (Lipinski definition) is 0. The third-order valence-electron chi connectivity index (χ3n) is 4.90. The molecule has 2 aliphatic carbocycles. The van der Waals surface area contributed by atoms with Crippen LogP contribution < -0.4 is 0 Å². The summed E-state index contributed by atoms with van der Waals surface area (Å²) in [6.45, 7) is 8.43. The summed E-state index contributed by atoms with van der Waals surface area (Å²) in [7, 11) is 0. The molecule has 0 radical (unpaired) electrons. The summed E-state index contributed by atoms with van der Waals surface area (Å²) in [5.41, 5.74) is 5.82. The summed E-state index contributed by atoms with van der Waals surface area (Å²) in [6.07, 6.45) is 15.3. The van der Waals surface area contributed by atoms with Crippen LogP contribution in [0.5, 0.6) is 0 Å². The van der Waals surface area contributed by atoms with Crippen molar-refractivity contribution in [3.8, 4) is 0 Å². The Morgan fingerprint density at radius 2 is 0.731 bits per heavy atom. The highest BCUT2D eigenvalue weighted by Gasteiger charge is 2.23. The van der Waals surface area contributed by atoms with Crippen LogP contribution in [0.2, 0.25) is 0 Å². The van der Waals surface area contributed by atoms with E-state index >= 15 is 0 Å². The molecule has 0 aromatic rings. The maximum atomic E-state index is 12.7. The molecule has 0 fully saturated rings. The average Bonchev–Trinajstić information content (AvgIpc) is 2.62. The zero-order chi connectivity index (χ0) is 19.1. The van der Waals surface area contributed by atoms with E-state index in [-0.39, 0.29) is 11.6 Å². The fraction of sp³-hybridized carbons (Fsp3) is 0.500. The summed E-state index contributed by atoms with van der Waals surface area (Å²) in [5, 5.41) is 0. The molecule has 0 aromatic heterocycles. The number of carbonyl (C=O) groups is 2. The van der Waals surface area contributed by atoms with Crippen LogP contribution in [0.4, 0.5) is 0 Å². The summed E-state index contributed by atoms with van der Waals surface area (Å²) < 4.78 is 0. The van der Waals surface area contributed by atoms with Crippen LogP contribution in [0.15, 0.2) is 57.7 Å². The molecule has 0 spiro atoms. The van der Waals surface area contributed by atoms with Crippen molar-refractivity contribution in [2.24, 2.45) is 0 Å². The lowest BCUT2D eigenvalue weighted by Gasteiger charge is -2.20. The monoisotopic (exact) mass is 352 g/mol. The minimum Gasteiger partial charge on any atom is -0.289 e. The van der Waals surface area contributed by atoms with Gasteiger partial charge in [-0.15, -0.1) is 0 Å². The van der Waals surface area contributed by atoms with E-state index in [2.05, 4.69) is 52.0 Å². The SMILES string of the molecule is CCCC1=CC(=C2C=C(CCC)C(=O)C(CCC)=C2)C=C(CCC)C1=O. The molecular formula is C24H32O2. The number of rotatable bonds is 8. The first kappa shape index (κ1) is 20.4. The van der Waals surface area contributed by atoms with Crippen LogP contribution in [0, 0.1) is 0 Å². The van der Waals surface area contributed by atoms with Crippen molar-refractivity contribution in [2.45, 2.75) is 79.1 Å². The fourth-order valence-electron chi connectivity index (χ4n) is 3.66. The van der Waals surface area contributed by atoms with Gasteiger partial charge in [-0.25, -0.2) is 0 Å². The van der Waals surface area contributed by atoms with Gasteiger partial charge in [0.05, 0.1) is 0 Å². The molecule has 26 heavy (non-hydrogen) atoms. The Bertz CT molecular complexity index is 605. The summed E-state index contributed by atoms with van der Waals surface area (Å²) in [4.78, 5) is 25.4. The lowest BCUT2D eigenvalue weighted by atomic mass is 9.83. The van der Waals surface area contributed by atoms with Gasteiger partial charge < -0.3 is 0 Å². The Morgan fingerprint density at radius 1 is 0.500 bits per heavy atom. The van der Waals surface area contributed by atoms with Crippen LogP contribution in [0.3, 0.4) is 0 Å². The molecular weight excluding hydrogens is 320 g/mol. The molecule has 0 saturated carbocycles. The van der Waals surface area contributed by atoms with Gasteiger partial charge in [-0.3, -0.25) is 9.59 Å². The number of allylic oxidation sites excluding steroid dienone is 10. The van der Waals surface area contributed by atoms with Crippen LogP contribution in [0.1, 0.15) is 79.1 Å². The molecule has 0 atom stereocenters.